The second-order valence-electron chi connectivity index (χ2n) is 3.74. The highest BCUT2D eigenvalue weighted by atomic mass is 35.5. The summed E-state index contributed by atoms with van der Waals surface area (Å²) in [6.45, 7) is 3.98. The summed E-state index contributed by atoms with van der Waals surface area (Å²) in [5, 5.41) is 0.00463. The second-order valence-corrected chi connectivity index (χ2v) is 4.15. The fourth-order valence-corrected chi connectivity index (χ4v) is 1.46. The fraction of sp³-hybridized carbons (Fsp3) is 0.417. The van der Waals surface area contributed by atoms with Crippen molar-refractivity contribution in [2.24, 2.45) is 5.92 Å². The van der Waals surface area contributed by atoms with Gasteiger partial charge in [0.1, 0.15) is 0 Å². The van der Waals surface area contributed by atoms with Crippen molar-refractivity contribution in [3.05, 3.63) is 34.6 Å². The average molecular weight is 229 g/mol. The van der Waals surface area contributed by atoms with Crippen molar-refractivity contribution < 1.29 is 9.18 Å². The van der Waals surface area contributed by atoms with E-state index in [9.17, 15) is 9.18 Å². The van der Waals surface area contributed by atoms with Crippen LogP contribution in [0, 0.1) is 11.7 Å². The third-order valence-corrected chi connectivity index (χ3v) is 2.77. The number of rotatable bonds is 4. The SMILES string of the molecule is CCC(C)CC(=O)c1cccc(Cl)c1F. The van der Waals surface area contributed by atoms with Crippen LogP contribution >= 0.6 is 11.6 Å². The van der Waals surface area contributed by atoms with Crippen molar-refractivity contribution in [3.63, 3.8) is 0 Å². The summed E-state index contributed by atoms with van der Waals surface area (Å²) in [7, 11) is 0. The number of ketones is 1. The highest BCUT2D eigenvalue weighted by Crippen LogP contribution is 2.21. The molecule has 0 amide bonds. The quantitative estimate of drug-likeness (QED) is 0.710. The zero-order chi connectivity index (χ0) is 11.4. The van der Waals surface area contributed by atoms with Crippen LogP contribution in [0.2, 0.25) is 5.02 Å². The summed E-state index contributed by atoms with van der Waals surface area (Å²) in [6.07, 6.45) is 1.28. The minimum atomic E-state index is -0.604. The molecule has 1 atom stereocenters. The first-order valence-electron chi connectivity index (χ1n) is 5.03. The summed E-state index contributed by atoms with van der Waals surface area (Å²) in [5.74, 6) is -0.507. The van der Waals surface area contributed by atoms with Gasteiger partial charge in [0.15, 0.2) is 11.6 Å². The Morgan fingerprint density at radius 2 is 2.20 bits per heavy atom. The molecule has 0 aliphatic carbocycles. The monoisotopic (exact) mass is 228 g/mol. The fourth-order valence-electron chi connectivity index (χ4n) is 1.29. The molecule has 1 aromatic rings. The maximum Gasteiger partial charge on any atom is 0.166 e. The molecule has 0 N–H and O–H groups in total. The van der Waals surface area contributed by atoms with Gasteiger partial charge < -0.3 is 0 Å². The van der Waals surface area contributed by atoms with Gasteiger partial charge in [0.2, 0.25) is 0 Å². The summed E-state index contributed by atoms with van der Waals surface area (Å²) >= 11 is 5.60. The zero-order valence-corrected chi connectivity index (χ0v) is 9.64. The number of halogens is 2. The molecule has 3 heteroatoms. The summed E-state index contributed by atoms with van der Waals surface area (Å²) in [4.78, 5) is 11.7. The van der Waals surface area contributed by atoms with Gasteiger partial charge in [0.05, 0.1) is 10.6 Å². The molecule has 0 heterocycles. The molecule has 1 nitrogen and oxygen atoms in total. The molecular formula is C12H14ClFO. The van der Waals surface area contributed by atoms with Crippen LogP contribution in [0.4, 0.5) is 4.39 Å². The van der Waals surface area contributed by atoms with Gasteiger partial charge in [-0.2, -0.15) is 0 Å². The van der Waals surface area contributed by atoms with E-state index in [1.54, 1.807) is 6.07 Å². The van der Waals surface area contributed by atoms with Gasteiger partial charge in [0.25, 0.3) is 0 Å². The van der Waals surface area contributed by atoms with Crippen LogP contribution in [-0.4, -0.2) is 5.78 Å². The van der Waals surface area contributed by atoms with E-state index in [1.807, 2.05) is 13.8 Å². The Hall–Kier alpha value is -0.890. The Morgan fingerprint density at radius 3 is 2.80 bits per heavy atom. The Bertz CT molecular complexity index is 363. The predicted molar refractivity (Wildman–Crippen MR) is 59.8 cm³/mol. The molecule has 1 rings (SSSR count). The van der Waals surface area contributed by atoms with E-state index in [0.29, 0.717) is 6.42 Å². The first-order valence-corrected chi connectivity index (χ1v) is 5.41. The Balaban J connectivity index is 2.87. The van der Waals surface area contributed by atoms with Crippen LogP contribution in [0.3, 0.4) is 0 Å². The van der Waals surface area contributed by atoms with Crippen molar-refractivity contribution in [3.8, 4) is 0 Å². The van der Waals surface area contributed by atoms with Crippen molar-refractivity contribution in [1.29, 1.82) is 0 Å². The second kappa shape index (κ2) is 5.26. The lowest BCUT2D eigenvalue weighted by Crippen LogP contribution is -2.07. The molecule has 0 aromatic heterocycles. The maximum absolute atomic E-state index is 13.5. The zero-order valence-electron chi connectivity index (χ0n) is 8.89. The molecule has 0 aliphatic rings. The smallest absolute Gasteiger partial charge is 0.166 e. The lowest BCUT2D eigenvalue weighted by molar-refractivity contribution is 0.0959. The number of benzene rings is 1. The van der Waals surface area contributed by atoms with Gasteiger partial charge in [-0.3, -0.25) is 4.79 Å². The molecule has 0 saturated heterocycles. The molecule has 15 heavy (non-hydrogen) atoms. The molecule has 0 aliphatic heterocycles. The highest BCUT2D eigenvalue weighted by Gasteiger charge is 2.15. The van der Waals surface area contributed by atoms with E-state index in [0.717, 1.165) is 6.42 Å². The molecule has 0 saturated carbocycles. The molecule has 1 aromatic carbocycles. The van der Waals surface area contributed by atoms with Gasteiger partial charge in [0, 0.05) is 6.42 Å². The van der Waals surface area contributed by atoms with Crippen LogP contribution in [-0.2, 0) is 0 Å². The summed E-state index contributed by atoms with van der Waals surface area (Å²) in [5.41, 5.74) is 0.0998. The van der Waals surface area contributed by atoms with E-state index in [1.165, 1.54) is 12.1 Å². The summed E-state index contributed by atoms with van der Waals surface area (Å²) < 4.78 is 13.5. The maximum atomic E-state index is 13.5. The molecule has 0 spiro atoms. The number of hydrogen-bond acceptors (Lipinski definition) is 1. The number of Topliss-reactive ketones (excluding diaryl/α,β-unsaturated/α-hetero) is 1. The van der Waals surface area contributed by atoms with E-state index in [2.05, 4.69) is 0 Å². The Morgan fingerprint density at radius 1 is 1.53 bits per heavy atom. The average Bonchev–Trinajstić information content (AvgIpc) is 2.21. The van der Waals surface area contributed by atoms with E-state index >= 15 is 0 Å². The molecule has 1 unspecified atom stereocenters. The number of carbonyl (C=O) groups excluding carboxylic acids is 1. The molecule has 0 radical (unpaired) electrons. The van der Waals surface area contributed by atoms with Crippen LogP contribution in [0.25, 0.3) is 0 Å². The predicted octanol–water partition coefficient (Wildman–Crippen LogP) is 4.10. The normalized spacial score (nSPS) is 12.5. The molecular weight excluding hydrogens is 215 g/mol. The summed E-state index contributed by atoms with van der Waals surface area (Å²) in [6, 6.07) is 4.51. The van der Waals surface area contributed by atoms with Crippen molar-refractivity contribution in [1.82, 2.24) is 0 Å². The van der Waals surface area contributed by atoms with E-state index in [4.69, 9.17) is 11.6 Å². The van der Waals surface area contributed by atoms with E-state index in [-0.39, 0.29) is 22.3 Å². The van der Waals surface area contributed by atoms with Gasteiger partial charge in [-0.1, -0.05) is 37.9 Å². The van der Waals surface area contributed by atoms with E-state index < -0.39 is 5.82 Å². The standard InChI is InChI=1S/C12H14ClFO/c1-3-8(2)7-11(15)9-5-4-6-10(13)12(9)14/h4-6,8H,3,7H2,1-2H3. The topological polar surface area (TPSA) is 17.1 Å². The van der Waals surface area contributed by atoms with Crippen LogP contribution < -0.4 is 0 Å². The number of carbonyl (C=O) groups is 1. The number of hydrogen-bond donors (Lipinski definition) is 0. The Kier molecular flexibility index (Phi) is 4.28. The Labute approximate surface area is 94.3 Å². The highest BCUT2D eigenvalue weighted by molar-refractivity contribution is 6.31. The van der Waals surface area contributed by atoms with Crippen molar-refractivity contribution in [2.75, 3.05) is 0 Å². The largest absolute Gasteiger partial charge is 0.294 e. The van der Waals surface area contributed by atoms with Gasteiger partial charge in [-0.05, 0) is 18.1 Å². The minimum absolute atomic E-state index is 0.00463. The van der Waals surface area contributed by atoms with Crippen molar-refractivity contribution in [2.45, 2.75) is 26.7 Å². The van der Waals surface area contributed by atoms with Gasteiger partial charge in [-0.25, -0.2) is 4.39 Å². The first kappa shape index (κ1) is 12.2. The lowest BCUT2D eigenvalue weighted by atomic mass is 9.97. The van der Waals surface area contributed by atoms with Crippen molar-refractivity contribution >= 4 is 17.4 Å². The lowest BCUT2D eigenvalue weighted by Gasteiger charge is -2.08. The van der Waals surface area contributed by atoms with Gasteiger partial charge >= 0.3 is 0 Å². The van der Waals surface area contributed by atoms with Crippen LogP contribution in [0.1, 0.15) is 37.0 Å². The van der Waals surface area contributed by atoms with Crippen LogP contribution in [0.5, 0.6) is 0 Å². The first-order chi connectivity index (χ1) is 7.06. The molecule has 82 valence electrons. The third kappa shape index (κ3) is 3.03. The molecule has 0 fully saturated rings. The van der Waals surface area contributed by atoms with Crippen LogP contribution in [0.15, 0.2) is 18.2 Å². The molecule has 0 bridgehead atoms. The minimum Gasteiger partial charge on any atom is -0.294 e. The van der Waals surface area contributed by atoms with Gasteiger partial charge in [-0.15, -0.1) is 0 Å². The third-order valence-electron chi connectivity index (χ3n) is 2.48.